The zero-order valence-electron chi connectivity index (χ0n) is 22.2. The first-order valence-electron chi connectivity index (χ1n) is 13.0. The van der Waals surface area contributed by atoms with Gasteiger partial charge in [-0.25, -0.2) is 0 Å². The Morgan fingerprint density at radius 3 is 2.37 bits per heavy atom. The molecule has 6 rings (SSSR count). The normalized spacial score (nSPS) is 13.4. The Bertz CT molecular complexity index is 1550. The van der Waals surface area contributed by atoms with Crippen LogP contribution in [0.5, 0.6) is 0 Å². The molecule has 1 aliphatic heterocycles. The highest BCUT2D eigenvalue weighted by atomic mass is 16.2. The molecular weight excluding hydrogens is 478 g/mol. The van der Waals surface area contributed by atoms with Crippen LogP contribution in [0.25, 0.3) is 21.9 Å². The molecule has 0 spiro atoms. The lowest BCUT2D eigenvalue weighted by molar-refractivity contribution is -0.129. The van der Waals surface area contributed by atoms with Crippen LogP contribution < -0.4 is 15.5 Å². The van der Waals surface area contributed by atoms with Crippen LogP contribution in [0.2, 0.25) is 0 Å². The van der Waals surface area contributed by atoms with Crippen molar-refractivity contribution in [2.75, 3.05) is 41.7 Å². The molecule has 0 saturated carbocycles. The standard InChI is InChI=1S/C26H27N9O.C2H6/c1-16-21-8-5-19(15-23(21)33-32-16)28-25-22-9-10-27-24(22)30-26(31-25)29-18-3-6-20(7-4-18)35-13-11-34(12-14-35)17(2)36;1-2/h3-10,15H,11-14H2,1-2H3,(H,32,33)(H3,27,28,29,30,31);1-2H3. The highest BCUT2D eigenvalue weighted by Gasteiger charge is 2.19. The van der Waals surface area contributed by atoms with E-state index in [2.05, 4.69) is 47.8 Å². The first-order valence-corrected chi connectivity index (χ1v) is 13.0. The summed E-state index contributed by atoms with van der Waals surface area (Å²) < 4.78 is 0. The molecule has 38 heavy (non-hydrogen) atoms. The number of fused-ring (bicyclic) bond motifs is 2. The van der Waals surface area contributed by atoms with Crippen LogP contribution >= 0.6 is 0 Å². The summed E-state index contributed by atoms with van der Waals surface area (Å²) in [5, 5.41) is 16.1. The molecule has 196 valence electrons. The van der Waals surface area contributed by atoms with Gasteiger partial charge in [-0.2, -0.15) is 15.1 Å². The largest absolute Gasteiger partial charge is 0.368 e. The minimum absolute atomic E-state index is 0.138. The number of benzene rings is 2. The van der Waals surface area contributed by atoms with Gasteiger partial charge in [-0.05, 0) is 55.5 Å². The number of nitrogens with one attached hydrogen (secondary N) is 4. The van der Waals surface area contributed by atoms with E-state index in [9.17, 15) is 4.79 Å². The number of H-pyrrole nitrogens is 2. The minimum Gasteiger partial charge on any atom is -0.368 e. The maximum absolute atomic E-state index is 11.6. The van der Waals surface area contributed by atoms with Crippen molar-refractivity contribution in [3.63, 3.8) is 0 Å². The molecule has 4 N–H and O–H groups in total. The maximum Gasteiger partial charge on any atom is 0.231 e. The third-order valence-electron chi connectivity index (χ3n) is 6.64. The van der Waals surface area contributed by atoms with E-state index in [4.69, 9.17) is 4.98 Å². The predicted octanol–water partition coefficient (Wildman–Crippen LogP) is 5.32. The van der Waals surface area contributed by atoms with E-state index in [-0.39, 0.29) is 5.91 Å². The highest BCUT2D eigenvalue weighted by molar-refractivity contribution is 5.92. The number of carbonyl (C=O) groups excluding carboxylic acids is 1. The van der Waals surface area contributed by atoms with Crippen molar-refractivity contribution in [1.29, 1.82) is 0 Å². The molecule has 3 aromatic heterocycles. The van der Waals surface area contributed by atoms with Crippen LogP contribution in [0.3, 0.4) is 0 Å². The molecule has 1 fully saturated rings. The number of aryl methyl sites for hydroxylation is 1. The van der Waals surface area contributed by atoms with E-state index in [1.165, 1.54) is 0 Å². The van der Waals surface area contributed by atoms with Crippen LogP contribution in [0.4, 0.5) is 28.8 Å². The Kier molecular flexibility index (Phi) is 7.12. The predicted molar refractivity (Wildman–Crippen MR) is 154 cm³/mol. The third-order valence-corrected chi connectivity index (χ3v) is 6.64. The topological polar surface area (TPSA) is 118 Å². The number of aromatic amines is 2. The summed E-state index contributed by atoms with van der Waals surface area (Å²) in [4.78, 5) is 28.3. The van der Waals surface area contributed by atoms with Crippen molar-refractivity contribution in [2.24, 2.45) is 0 Å². The van der Waals surface area contributed by atoms with Gasteiger partial charge in [0.1, 0.15) is 11.5 Å². The molecule has 0 atom stereocenters. The fourth-order valence-electron chi connectivity index (χ4n) is 4.62. The van der Waals surface area contributed by atoms with Gasteiger partial charge in [-0.15, -0.1) is 0 Å². The van der Waals surface area contributed by atoms with E-state index >= 15 is 0 Å². The monoisotopic (exact) mass is 511 g/mol. The second kappa shape index (κ2) is 10.8. The van der Waals surface area contributed by atoms with E-state index in [1.807, 2.05) is 68.3 Å². The summed E-state index contributed by atoms with van der Waals surface area (Å²) in [6, 6.07) is 16.2. The van der Waals surface area contributed by atoms with Crippen molar-refractivity contribution in [2.45, 2.75) is 27.7 Å². The number of aromatic nitrogens is 5. The summed E-state index contributed by atoms with van der Waals surface area (Å²) in [7, 11) is 0. The van der Waals surface area contributed by atoms with Crippen molar-refractivity contribution in [3.05, 3.63) is 60.4 Å². The molecule has 0 unspecified atom stereocenters. The molecule has 0 bridgehead atoms. The SMILES string of the molecule is CC.CC(=O)N1CCN(c2ccc(Nc3nc(Nc4ccc5c(C)[nH]nc5c4)c4cc[nH]c4n3)cc2)CC1. The third kappa shape index (κ3) is 5.10. The Morgan fingerprint density at radius 1 is 0.895 bits per heavy atom. The first kappa shape index (κ1) is 25.1. The minimum atomic E-state index is 0.138. The van der Waals surface area contributed by atoms with Crippen LogP contribution in [0.1, 0.15) is 26.5 Å². The van der Waals surface area contributed by atoms with Gasteiger partial charge in [0.25, 0.3) is 0 Å². The number of amides is 1. The van der Waals surface area contributed by atoms with Gasteiger partial charge in [0.2, 0.25) is 11.9 Å². The molecule has 2 aromatic carbocycles. The Labute approximate surface area is 221 Å². The molecule has 5 aromatic rings. The molecule has 4 heterocycles. The second-order valence-electron chi connectivity index (χ2n) is 9.01. The van der Waals surface area contributed by atoms with E-state index in [1.54, 1.807) is 6.92 Å². The van der Waals surface area contributed by atoms with Crippen LogP contribution in [-0.2, 0) is 4.79 Å². The average molecular weight is 512 g/mol. The van der Waals surface area contributed by atoms with Gasteiger partial charge in [-0.1, -0.05) is 13.8 Å². The van der Waals surface area contributed by atoms with E-state index in [0.29, 0.717) is 11.8 Å². The number of carbonyl (C=O) groups is 1. The van der Waals surface area contributed by atoms with Gasteiger partial charge in [0.15, 0.2) is 0 Å². The van der Waals surface area contributed by atoms with Crippen molar-refractivity contribution in [1.82, 2.24) is 30.0 Å². The van der Waals surface area contributed by atoms with Gasteiger partial charge in [0.05, 0.1) is 10.9 Å². The van der Waals surface area contributed by atoms with Crippen molar-refractivity contribution >= 4 is 56.7 Å². The Balaban J connectivity index is 0.00000144. The summed E-state index contributed by atoms with van der Waals surface area (Å²) >= 11 is 0. The fraction of sp³-hybridized carbons (Fsp3) is 0.286. The molecule has 10 heteroatoms. The molecule has 1 amide bonds. The highest BCUT2D eigenvalue weighted by Crippen LogP contribution is 2.28. The number of hydrogen-bond donors (Lipinski definition) is 4. The van der Waals surface area contributed by atoms with Crippen LogP contribution in [0.15, 0.2) is 54.7 Å². The number of anilines is 5. The lowest BCUT2D eigenvalue weighted by atomic mass is 10.2. The summed E-state index contributed by atoms with van der Waals surface area (Å²) in [5.41, 5.74) is 5.62. The van der Waals surface area contributed by atoms with E-state index in [0.717, 1.165) is 70.9 Å². The van der Waals surface area contributed by atoms with Crippen molar-refractivity contribution in [3.8, 4) is 0 Å². The second-order valence-corrected chi connectivity index (χ2v) is 9.01. The summed E-state index contributed by atoms with van der Waals surface area (Å²) in [5.74, 6) is 1.33. The molecular formula is C28H33N9O. The van der Waals surface area contributed by atoms with Crippen LogP contribution in [0, 0.1) is 6.92 Å². The quantitative estimate of drug-likeness (QED) is 0.252. The van der Waals surface area contributed by atoms with Gasteiger partial charge >= 0.3 is 0 Å². The number of rotatable bonds is 5. The molecule has 1 aliphatic rings. The summed E-state index contributed by atoms with van der Waals surface area (Å²) in [6.45, 7) is 10.8. The van der Waals surface area contributed by atoms with Crippen LogP contribution in [-0.4, -0.2) is 62.1 Å². The van der Waals surface area contributed by atoms with Crippen molar-refractivity contribution < 1.29 is 4.79 Å². The Morgan fingerprint density at radius 2 is 1.63 bits per heavy atom. The van der Waals surface area contributed by atoms with E-state index < -0.39 is 0 Å². The Hall–Kier alpha value is -4.60. The molecule has 10 nitrogen and oxygen atoms in total. The first-order chi connectivity index (χ1) is 18.5. The van der Waals surface area contributed by atoms with Gasteiger partial charge in [0, 0.05) is 67.4 Å². The zero-order valence-corrected chi connectivity index (χ0v) is 22.2. The molecule has 0 radical (unpaired) electrons. The molecule has 1 saturated heterocycles. The summed E-state index contributed by atoms with van der Waals surface area (Å²) in [6.07, 6.45) is 1.86. The number of hydrogen-bond acceptors (Lipinski definition) is 7. The maximum atomic E-state index is 11.6. The average Bonchev–Trinajstić information content (AvgIpc) is 3.57. The van der Waals surface area contributed by atoms with Gasteiger partial charge in [-0.3, -0.25) is 9.89 Å². The smallest absolute Gasteiger partial charge is 0.231 e. The lowest BCUT2D eigenvalue weighted by Crippen LogP contribution is -2.48. The molecule has 0 aliphatic carbocycles. The number of piperazine rings is 1. The van der Waals surface area contributed by atoms with Gasteiger partial charge < -0.3 is 25.4 Å². The zero-order chi connectivity index (χ0) is 26.6. The lowest BCUT2D eigenvalue weighted by Gasteiger charge is -2.35. The number of nitrogens with zero attached hydrogens (tertiary/aromatic N) is 5. The fourth-order valence-corrected chi connectivity index (χ4v) is 4.62.